The smallest absolute Gasteiger partial charge is 0.136 e. The molecule has 0 radical (unpaired) electrons. The van der Waals surface area contributed by atoms with Gasteiger partial charge >= 0.3 is 0 Å². The molecule has 0 atom stereocenters. The van der Waals surface area contributed by atoms with Gasteiger partial charge in [-0.25, -0.2) is 4.98 Å². The van der Waals surface area contributed by atoms with Gasteiger partial charge in [0.05, 0.1) is 11.4 Å². The summed E-state index contributed by atoms with van der Waals surface area (Å²) in [6.07, 6.45) is 2.72. The van der Waals surface area contributed by atoms with E-state index in [1.807, 2.05) is 60.8 Å². The fourth-order valence-electron chi connectivity index (χ4n) is 5.27. The minimum atomic E-state index is 0. The van der Waals surface area contributed by atoms with Gasteiger partial charge in [0, 0.05) is 38.4 Å². The minimum absolute atomic E-state index is 0. The molecule has 4 aromatic carbocycles. The number of rotatable bonds is 8. The third-order valence-corrected chi connectivity index (χ3v) is 7.11. The molecule has 0 saturated heterocycles. The zero-order chi connectivity index (χ0) is 28.9. The number of benzene rings is 4. The molecule has 4 nitrogen and oxygen atoms in total. The molecule has 0 saturated carbocycles. The van der Waals surface area contributed by atoms with E-state index in [1.165, 1.54) is 5.56 Å². The van der Waals surface area contributed by atoms with Gasteiger partial charge in [0.1, 0.15) is 11.6 Å². The van der Waals surface area contributed by atoms with Gasteiger partial charge in [-0.15, -0.1) is 29.8 Å². The Labute approximate surface area is 275 Å². The first-order valence-corrected chi connectivity index (χ1v) is 14.2. The Morgan fingerprint density at radius 3 is 2.14 bits per heavy atom. The Morgan fingerprint density at radius 1 is 0.727 bits per heavy atom. The maximum Gasteiger partial charge on any atom is 0.136 e. The van der Waals surface area contributed by atoms with Gasteiger partial charge in [-0.05, 0) is 65.7 Å². The van der Waals surface area contributed by atoms with E-state index < -0.39 is 0 Å². The molecule has 6 aromatic rings. The number of pyridine rings is 2. The predicted molar refractivity (Wildman–Crippen MR) is 179 cm³/mol. The minimum Gasteiger partial charge on any atom is -0.507 e. The molecule has 2 aromatic heterocycles. The Bertz CT molecular complexity index is 1810. The van der Waals surface area contributed by atoms with Crippen molar-refractivity contribution in [1.29, 1.82) is 0 Å². The molecule has 0 amide bonds. The van der Waals surface area contributed by atoms with Gasteiger partial charge < -0.3 is 10.0 Å². The van der Waals surface area contributed by atoms with E-state index in [0.29, 0.717) is 11.5 Å². The van der Waals surface area contributed by atoms with Crippen LogP contribution in [0, 0.1) is 12.0 Å². The second-order valence-electron chi connectivity index (χ2n) is 10.7. The molecular formula is C39H36N3OPt-. The summed E-state index contributed by atoms with van der Waals surface area (Å²) in [4.78, 5) is 11.9. The third-order valence-electron chi connectivity index (χ3n) is 7.11. The summed E-state index contributed by atoms with van der Waals surface area (Å²) in [7, 11) is 0. The Kier molecular flexibility index (Phi) is 10.9. The average molecular weight is 758 g/mol. The second kappa shape index (κ2) is 14.8. The van der Waals surface area contributed by atoms with Crippen LogP contribution in [-0.4, -0.2) is 15.1 Å². The van der Waals surface area contributed by atoms with Crippen molar-refractivity contribution in [3.8, 4) is 39.4 Å². The summed E-state index contributed by atoms with van der Waals surface area (Å²) < 4.78 is 0. The van der Waals surface area contributed by atoms with Crippen LogP contribution < -0.4 is 4.90 Å². The van der Waals surface area contributed by atoms with Crippen molar-refractivity contribution in [2.45, 2.75) is 27.7 Å². The van der Waals surface area contributed by atoms with Crippen molar-refractivity contribution in [3.63, 3.8) is 0 Å². The van der Waals surface area contributed by atoms with E-state index >= 15 is 0 Å². The molecule has 1 N–H and O–H groups in total. The van der Waals surface area contributed by atoms with E-state index in [9.17, 15) is 5.11 Å². The molecule has 0 aliphatic heterocycles. The molecule has 0 bridgehead atoms. The normalized spacial score (nSPS) is 10.5. The van der Waals surface area contributed by atoms with Crippen LogP contribution in [0.15, 0.2) is 134 Å². The van der Waals surface area contributed by atoms with E-state index in [1.54, 1.807) is 6.07 Å². The SMILES string of the molecule is C.CC(C)Cc1cc(-c2[c-]c(N(c3ccccn3)c3ccccc3-c3ccccc3)ccc2)nc(-c2ccccc2O)c1.[Pt]. The van der Waals surface area contributed by atoms with Crippen molar-refractivity contribution in [1.82, 2.24) is 9.97 Å². The topological polar surface area (TPSA) is 49.2 Å². The largest absolute Gasteiger partial charge is 0.507 e. The summed E-state index contributed by atoms with van der Waals surface area (Å²) in [6.45, 7) is 4.42. The van der Waals surface area contributed by atoms with Gasteiger partial charge in [0.15, 0.2) is 0 Å². The molecule has 0 fully saturated rings. The van der Waals surface area contributed by atoms with Crippen molar-refractivity contribution in [3.05, 3.63) is 145 Å². The van der Waals surface area contributed by atoms with E-state index in [2.05, 4.69) is 91.5 Å². The number of anilines is 3. The van der Waals surface area contributed by atoms with Crippen molar-refractivity contribution >= 4 is 17.2 Å². The molecule has 0 aliphatic carbocycles. The molecule has 224 valence electrons. The number of hydrogen-bond donors (Lipinski definition) is 1. The number of hydrogen-bond acceptors (Lipinski definition) is 4. The number of para-hydroxylation sites is 2. The van der Waals surface area contributed by atoms with Crippen LogP contribution in [0.25, 0.3) is 33.6 Å². The molecule has 0 spiro atoms. The van der Waals surface area contributed by atoms with Crippen molar-refractivity contribution in [2.75, 3.05) is 4.90 Å². The first-order chi connectivity index (χ1) is 20.6. The summed E-state index contributed by atoms with van der Waals surface area (Å²) in [5, 5.41) is 10.6. The fraction of sp³-hybridized carbons (Fsp3) is 0.128. The molecule has 5 heteroatoms. The zero-order valence-corrected chi connectivity index (χ0v) is 26.4. The quantitative estimate of drug-likeness (QED) is 0.157. The van der Waals surface area contributed by atoms with E-state index in [-0.39, 0.29) is 34.2 Å². The second-order valence-corrected chi connectivity index (χ2v) is 10.7. The van der Waals surface area contributed by atoms with Crippen LogP contribution in [0.4, 0.5) is 17.2 Å². The number of nitrogens with zero attached hydrogens (tertiary/aromatic N) is 3. The third kappa shape index (κ3) is 7.15. The average Bonchev–Trinajstić information content (AvgIpc) is 3.02. The molecular weight excluding hydrogens is 722 g/mol. The van der Waals surface area contributed by atoms with Gasteiger partial charge in [0.2, 0.25) is 0 Å². The standard InChI is InChI=1S/C38H32N3O.CH4.Pt/c1-27(2)23-28-24-34(40-35(25-28)33-18-7-9-20-37(33)42)30-15-12-16-31(26-30)41(38-21-10-11-22-39-38)36-19-8-6-17-32(36)29-13-4-3-5-14-29;;/h3-22,24-25,27,42H,23H2,1-2H3;1H4;/q-1;;. The van der Waals surface area contributed by atoms with Crippen molar-refractivity contribution < 1.29 is 26.2 Å². The van der Waals surface area contributed by atoms with Gasteiger partial charge in [-0.1, -0.05) is 99.6 Å². The van der Waals surface area contributed by atoms with Gasteiger partial charge in [-0.3, -0.25) is 4.98 Å². The van der Waals surface area contributed by atoms with Crippen LogP contribution in [0.3, 0.4) is 0 Å². The monoisotopic (exact) mass is 757 g/mol. The van der Waals surface area contributed by atoms with Crippen LogP contribution >= 0.6 is 0 Å². The molecule has 6 rings (SSSR count). The molecule has 0 unspecified atom stereocenters. The summed E-state index contributed by atoms with van der Waals surface area (Å²) >= 11 is 0. The maximum absolute atomic E-state index is 10.6. The number of phenolic OH excluding ortho intramolecular Hbond substituents is 1. The first-order valence-electron chi connectivity index (χ1n) is 14.2. The number of aromatic nitrogens is 2. The molecule has 44 heavy (non-hydrogen) atoms. The van der Waals surface area contributed by atoms with Crippen LogP contribution in [0.1, 0.15) is 26.8 Å². The first kappa shape index (κ1) is 32.4. The Morgan fingerprint density at radius 2 is 1.41 bits per heavy atom. The van der Waals surface area contributed by atoms with E-state index in [4.69, 9.17) is 9.97 Å². The van der Waals surface area contributed by atoms with Crippen molar-refractivity contribution in [2.24, 2.45) is 5.92 Å². The van der Waals surface area contributed by atoms with Gasteiger partial charge in [0.25, 0.3) is 0 Å². The summed E-state index contributed by atoms with van der Waals surface area (Å²) in [5.74, 6) is 1.49. The van der Waals surface area contributed by atoms with Crippen LogP contribution in [0.5, 0.6) is 5.75 Å². The predicted octanol–water partition coefficient (Wildman–Crippen LogP) is 10.3. The summed E-state index contributed by atoms with van der Waals surface area (Å²) in [5.41, 5.74) is 8.40. The Balaban J connectivity index is 0.00000221. The van der Waals surface area contributed by atoms with Crippen LogP contribution in [0.2, 0.25) is 0 Å². The number of aromatic hydroxyl groups is 1. The van der Waals surface area contributed by atoms with Crippen LogP contribution in [-0.2, 0) is 27.5 Å². The fourth-order valence-corrected chi connectivity index (χ4v) is 5.27. The zero-order valence-electron chi connectivity index (χ0n) is 24.1. The number of phenols is 1. The molecule has 0 aliphatic rings. The molecule has 2 heterocycles. The van der Waals surface area contributed by atoms with Gasteiger partial charge in [-0.2, -0.15) is 0 Å². The Hall–Kier alpha value is -4.53. The summed E-state index contributed by atoms with van der Waals surface area (Å²) in [6, 6.07) is 46.1. The maximum atomic E-state index is 10.6. The van der Waals surface area contributed by atoms with E-state index in [0.717, 1.165) is 51.7 Å².